The number of rotatable bonds is 5. The summed E-state index contributed by atoms with van der Waals surface area (Å²) in [5, 5.41) is 13.5. The van der Waals surface area contributed by atoms with Crippen molar-refractivity contribution in [3.63, 3.8) is 0 Å². The molecule has 1 atom stereocenters. The van der Waals surface area contributed by atoms with E-state index in [0.29, 0.717) is 18.2 Å². The second-order valence-corrected chi connectivity index (χ2v) is 7.62. The van der Waals surface area contributed by atoms with Crippen LogP contribution in [-0.2, 0) is 4.79 Å². The Labute approximate surface area is 165 Å². The van der Waals surface area contributed by atoms with E-state index in [1.54, 1.807) is 12.1 Å². The minimum atomic E-state index is -0.158. The van der Waals surface area contributed by atoms with Crippen LogP contribution in [0, 0.1) is 0 Å². The zero-order valence-corrected chi connectivity index (χ0v) is 16.1. The summed E-state index contributed by atoms with van der Waals surface area (Å²) >= 11 is 0. The number of phenolic OH excluding ortho intramolecular Hbond substituents is 1. The molecular weight excluding hydrogens is 352 g/mol. The fraction of sp³-hybridized carbons (Fsp3) is 0.348. The lowest BCUT2D eigenvalue weighted by Gasteiger charge is -2.32. The van der Waals surface area contributed by atoms with E-state index in [1.165, 1.54) is 5.56 Å². The van der Waals surface area contributed by atoms with Crippen LogP contribution in [0.4, 0.5) is 0 Å². The molecule has 0 bridgehead atoms. The molecule has 0 radical (unpaired) electrons. The van der Waals surface area contributed by atoms with Gasteiger partial charge in [0.25, 0.3) is 0 Å². The van der Waals surface area contributed by atoms with Gasteiger partial charge in [0.05, 0.1) is 12.6 Å². The van der Waals surface area contributed by atoms with Gasteiger partial charge in [-0.1, -0.05) is 30.3 Å². The number of para-hydroxylation sites is 1. The fourth-order valence-corrected chi connectivity index (χ4v) is 3.95. The number of carbonyl (C=O) groups is 1. The third-order valence-electron chi connectivity index (χ3n) is 5.57. The van der Waals surface area contributed by atoms with Crippen molar-refractivity contribution in [2.24, 2.45) is 0 Å². The van der Waals surface area contributed by atoms with Crippen LogP contribution in [0.1, 0.15) is 43.0 Å². The number of fused-ring (bicyclic) bond motifs is 1. The molecule has 1 aliphatic heterocycles. The number of nitrogens with one attached hydrogen (secondary N) is 1. The predicted molar refractivity (Wildman–Crippen MR) is 109 cm³/mol. The summed E-state index contributed by atoms with van der Waals surface area (Å²) in [6.07, 6.45) is 2.05. The zero-order chi connectivity index (χ0) is 19.5. The molecule has 0 aliphatic carbocycles. The van der Waals surface area contributed by atoms with E-state index in [4.69, 9.17) is 4.42 Å². The summed E-state index contributed by atoms with van der Waals surface area (Å²) in [6.45, 7) is 4.16. The summed E-state index contributed by atoms with van der Waals surface area (Å²) in [4.78, 5) is 14.7. The minimum Gasteiger partial charge on any atom is -0.508 e. The Hall–Kier alpha value is -2.79. The molecule has 3 aromatic rings. The topological polar surface area (TPSA) is 65.7 Å². The van der Waals surface area contributed by atoms with Crippen molar-refractivity contribution in [2.75, 3.05) is 19.6 Å². The number of likely N-dealkylation sites (tertiary alicyclic amines) is 1. The van der Waals surface area contributed by atoms with Crippen LogP contribution in [0.5, 0.6) is 5.75 Å². The summed E-state index contributed by atoms with van der Waals surface area (Å²) in [5.41, 5.74) is 2.11. The van der Waals surface area contributed by atoms with Crippen molar-refractivity contribution in [3.8, 4) is 5.75 Å². The normalized spacial score (nSPS) is 16.9. The largest absolute Gasteiger partial charge is 0.508 e. The van der Waals surface area contributed by atoms with Crippen LogP contribution in [0.3, 0.4) is 0 Å². The molecule has 0 unspecified atom stereocenters. The highest BCUT2D eigenvalue weighted by Crippen LogP contribution is 2.29. The average Bonchev–Trinajstić information content (AvgIpc) is 3.14. The third-order valence-corrected chi connectivity index (χ3v) is 5.57. The number of benzene rings is 2. The van der Waals surface area contributed by atoms with Gasteiger partial charge in [-0.25, -0.2) is 0 Å². The first-order valence-corrected chi connectivity index (χ1v) is 9.87. The van der Waals surface area contributed by atoms with Gasteiger partial charge in [-0.05, 0) is 68.6 Å². The van der Waals surface area contributed by atoms with E-state index >= 15 is 0 Å². The second kappa shape index (κ2) is 8.07. The molecule has 0 saturated carbocycles. The lowest BCUT2D eigenvalue weighted by Crippen LogP contribution is -2.41. The maximum atomic E-state index is 12.5. The molecule has 1 aliphatic rings. The fourth-order valence-electron chi connectivity index (χ4n) is 3.95. The van der Waals surface area contributed by atoms with Gasteiger partial charge in [0.15, 0.2) is 0 Å². The van der Waals surface area contributed by atoms with Crippen LogP contribution in [0.25, 0.3) is 11.0 Å². The van der Waals surface area contributed by atoms with Crippen LogP contribution in [0.15, 0.2) is 59.0 Å². The molecule has 1 saturated heterocycles. The molecule has 28 heavy (non-hydrogen) atoms. The van der Waals surface area contributed by atoms with Crippen molar-refractivity contribution in [1.82, 2.24) is 10.2 Å². The van der Waals surface area contributed by atoms with E-state index in [9.17, 15) is 9.90 Å². The number of furan rings is 1. The van der Waals surface area contributed by atoms with E-state index in [-0.39, 0.29) is 11.9 Å². The number of aromatic hydroxyl groups is 1. The van der Waals surface area contributed by atoms with E-state index in [2.05, 4.69) is 10.2 Å². The highest BCUT2D eigenvalue weighted by molar-refractivity contribution is 5.80. The highest BCUT2D eigenvalue weighted by atomic mass is 16.3. The summed E-state index contributed by atoms with van der Waals surface area (Å²) in [5.74, 6) is 1.60. The number of phenols is 1. The zero-order valence-electron chi connectivity index (χ0n) is 16.1. The minimum absolute atomic E-state index is 0.0241. The SMILES string of the molecule is C[C@@H](NC(=O)CN1CCC(c2ccc(O)cc2)CC1)c1cc2ccccc2o1. The first kappa shape index (κ1) is 18.6. The second-order valence-electron chi connectivity index (χ2n) is 7.62. The average molecular weight is 378 g/mol. The van der Waals surface area contributed by atoms with E-state index in [0.717, 1.165) is 42.7 Å². The number of piperidine rings is 1. The van der Waals surface area contributed by atoms with Gasteiger partial charge < -0.3 is 14.8 Å². The molecule has 146 valence electrons. The van der Waals surface area contributed by atoms with Gasteiger partial charge in [0.2, 0.25) is 5.91 Å². The first-order chi connectivity index (χ1) is 13.6. The molecule has 5 nitrogen and oxygen atoms in total. The molecule has 5 heteroatoms. The van der Waals surface area contributed by atoms with Crippen molar-refractivity contribution >= 4 is 16.9 Å². The number of nitrogens with zero attached hydrogens (tertiary/aromatic N) is 1. The van der Waals surface area contributed by atoms with Gasteiger partial charge in [-0.3, -0.25) is 9.69 Å². The van der Waals surface area contributed by atoms with Crippen LogP contribution < -0.4 is 5.32 Å². The third kappa shape index (κ3) is 4.20. The monoisotopic (exact) mass is 378 g/mol. The Morgan fingerprint density at radius 3 is 2.61 bits per heavy atom. The van der Waals surface area contributed by atoms with Gasteiger partial charge in [0.1, 0.15) is 17.1 Å². The van der Waals surface area contributed by atoms with Gasteiger partial charge in [-0.15, -0.1) is 0 Å². The first-order valence-electron chi connectivity index (χ1n) is 9.87. The summed E-state index contributed by atoms with van der Waals surface area (Å²) in [7, 11) is 0. The molecule has 2 N–H and O–H groups in total. The van der Waals surface area contributed by atoms with Crippen LogP contribution in [0.2, 0.25) is 0 Å². The molecule has 1 fully saturated rings. The quantitative estimate of drug-likeness (QED) is 0.698. The van der Waals surface area contributed by atoms with Crippen molar-refractivity contribution in [2.45, 2.75) is 31.7 Å². The maximum Gasteiger partial charge on any atom is 0.234 e. The summed E-state index contributed by atoms with van der Waals surface area (Å²) in [6, 6.07) is 17.2. The maximum absolute atomic E-state index is 12.5. The Kier molecular flexibility index (Phi) is 5.35. The Bertz CT molecular complexity index is 907. The Balaban J connectivity index is 1.28. The summed E-state index contributed by atoms with van der Waals surface area (Å²) < 4.78 is 5.85. The smallest absolute Gasteiger partial charge is 0.234 e. The number of hydrogen-bond donors (Lipinski definition) is 2. The van der Waals surface area contributed by atoms with E-state index in [1.807, 2.05) is 49.4 Å². The lowest BCUT2D eigenvalue weighted by molar-refractivity contribution is -0.123. The Morgan fingerprint density at radius 1 is 1.18 bits per heavy atom. The standard InChI is InChI=1S/C23H26N2O3/c1-16(22-14-19-4-2-3-5-21(19)28-22)24-23(27)15-25-12-10-18(11-13-25)17-6-8-20(26)9-7-17/h2-9,14,16,18,26H,10-13,15H2,1H3,(H,24,27)/t16-/m1/s1. The van der Waals surface area contributed by atoms with Crippen molar-refractivity contribution in [1.29, 1.82) is 0 Å². The molecule has 1 amide bonds. The lowest BCUT2D eigenvalue weighted by atomic mass is 9.89. The van der Waals surface area contributed by atoms with Gasteiger partial charge in [0, 0.05) is 5.39 Å². The molecule has 4 rings (SSSR count). The highest BCUT2D eigenvalue weighted by Gasteiger charge is 2.23. The van der Waals surface area contributed by atoms with Crippen LogP contribution in [-0.4, -0.2) is 35.5 Å². The number of hydrogen-bond acceptors (Lipinski definition) is 4. The molecule has 0 spiro atoms. The van der Waals surface area contributed by atoms with Gasteiger partial charge >= 0.3 is 0 Å². The predicted octanol–water partition coefficient (Wildman–Crippen LogP) is 4.20. The van der Waals surface area contributed by atoms with Crippen LogP contribution >= 0.6 is 0 Å². The molecule has 1 aromatic heterocycles. The van der Waals surface area contributed by atoms with Crippen molar-refractivity contribution in [3.05, 3.63) is 65.9 Å². The molecule has 2 aromatic carbocycles. The van der Waals surface area contributed by atoms with E-state index < -0.39 is 0 Å². The number of carbonyl (C=O) groups excluding carboxylic acids is 1. The molecule has 2 heterocycles. The van der Waals surface area contributed by atoms with Crippen molar-refractivity contribution < 1.29 is 14.3 Å². The Morgan fingerprint density at radius 2 is 1.89 bits per heavy atom. The van der Waals surface area contributed by atoms with Gasteiger partial charge in [-0.2, -0.15) is 0 Å². The number of amides is 1. The molecular formula is C23H26N2O3.